The van der Waals surface area contributed by atoms with E-state index in [9.17, 15) is 0 Å². The Kier molecular flexibility index (Phi) is 13.9. The predicted molar refractivity (Wildman–Crippen MR) is 165 cm³/mol. The zero-order valence-electron chi connectivity index (χ0n) is 23.2. The number of nitrogen functional groups attached to an aromatic ring is 4. The molecule has 0 radical (unpaired) electrons. The van der Waals surface area contributed by atoms with Crippen molar-refractivity contribution in [2.45, 2.75) is 41.0 Å². The fourth-order valence-electron chi connectivity index (χ4n) is 3.71. The Labute approximate surface area is 271 Å². The number of halogens is 2. The molecule has 0 saturated heterocycles. The van der Waals surface area contributed by atoms with Crippen LogP contribution in [0.15, 0.2) is 33.2 Å². The summed E-state index contributed by atoms with van der Waals surface area (Å²) in [6, 6.07) is 14.7. The Morgan fingerprint density at radius 2 is 1.15 bits per heavy atom. The maximum absolute atomic E-state index is 8.97. The third kappa shape index (κ3) is 10.4. The molecular formula is C28H29Br2N10W-. The van der Waals surface area contributed by atoms with Gasteiger partial charge in [-0.05, 0) is 81.5 Å². The van der Waals surface area contributed by atoms with Crippen molar-refractivity contribution in [2.75, 3.05) is 22.9 Å². The van der Waals surface area contributed by atoms with Crippen molar-refractivity contribution in [2.24, 2.45) is 0 Å². The van der Waals surface area contributed by atoms with Gasteiger partial charge in [-0.3, -0.25) is 0 Å². The van der Waals surface area contributed by atoms with Gasteiger partial charge in [0.25, 0.3) is 0 Å². The van der Waals surface area contributed by atoms with E-state index in [2.05, 4.69) is 70.0 Å². The Morgan fingerprint density at radius 3 is 1.61 bits per heavy atom. The van der Waals surface area contributed by atoms with E-state index >= 15 is 0 Å². The van der Waals surface area contributed by atoms with E-state index < -0.39 is 0 Å². The van der Waals surface area contributed by atoms with Crippen LogP contribution in [0.2, 0.25) is 0 Å². The van der Waals surface area contributed by atoms with Gasteiger partial charge in [0, 0.05) is 27.5 Å². The molecule has 0 aliphatic rings. The number of nitrogens with two attached hydrogens (primary N) is 4. The molecule has 4 aromatic rings. The summed E-state index contributed by atoms with van der Waals surface area (Å²) in [5.74, 6) is 1.07. The minimum Gasteiger partial charge on any atom is -0.383 e. The number of rotatable bonds is 2. The van der Waals surface area contributed by atoms with Crippen molar-refractivity contribution in [3.63, 3.8) is 0 Å². The number of hydrogen-bond donors (Lipinski definition) is 4. The summed E-state index contributed by atoms with van der Waals surface area (Å²) in [5.41, 5.74) is 30.3. The molecule has 0 aliphatic heterocycles. The number of anilines is 4. The third-order valence-electron chi connectivity index (χ3n) is 5.46. The van der Waals surface area contributed by atoms with E-state index in [1.54, 1.807) is 6.92 Å². The van der Waals surface area contributed by atoms with Crippen LogP contribution in [0.25, 0.3) is 0 Å². The van der Waals surface area contributed by atoms with Gasteiger partial charge >= 0.3 is 0 Å². The number of aromatic nitrogens is 4. The average molecular weight is 849 g/mol. The molecule has 0 bridgehead atoms. The topological polar surface area (TPSA) is 203 Å². The second kappa shape index (κ2) is 16.0. The smallest absolute Gasteiger partial charge is 0.222 e. The van der Waals surface area contributed by atoms with Gasteiger partial charge in [-0.2, -0.15) is 49.8 Å². The molecule has 0 fully saturated rings. The van der Waals surface area contributed by atoms with Crippen molar-refractivity contribution in [1.29, 1.82) is 10.5 Å². The fraction of sp³-hybridized carbons (Fsp3) is 0.214. The molecule has 0 amide bonds. The molecule has 2 aromatic carbocycles. The number of hydrogen-bond acceptors (Lipinski definition) is 10. The van der Waals surface area contributed by atoms with Gasteiger partial charge in [0.1, 0.15) is 11.6 Å². The van der Waals surface area contributed by atoms with Crippen LogP contribution in [0.5, 0.6) is 0 Å². The van der Waals surface area contributed by atoms with Crippen LogP contribution in [0, 0.1) is 63.3 Å². The summed E-state index contributed by atoms with van der Waals surface area (Å²) in [6.45, 7) is 9.64. The first-order valence-electron chi connectivity index (χ1n) is 11.8. The van der Waals surface area contributed by atoms with Crippen molar-refractivity contribution in [1.82, 2.24) is 19.9 Å². The zero-order valence-corrected chi connectivity index (χ0v) is 29.3. The van der Waals surface area contributed by atoms with E-state index in [1.807, 2.05) is 52.0 Å². The number of nitrogens with zero attached hydrogens (tertiary/aromatic N) is 6. The van der Waals surface area contributed by atoms with Crippen LogP contribution >= 0.6 is 31.9 Å². The van der Waals surface area contributed by atoms with Gasteiger partial charge in [0.15, 0.2) is 0 Å². The van der Waals surface area contributed by atoms with Crippen LogP contribution in [-0.4, -0.2) is 19.9 Å². The molecule has 8 N–H and O–H groups in total. The second-order valence-electron chi connectivity index (χ2n) is 8.82. The predicted octanol–water partition coefficient (Wildman–Crippen LogP) is 5.17. The SMILES string of the molecule is Cc1[c-]c(C)cc(C#N)c1.Cc1cc(C#N)cc(C)c1Cc1nc(N)nc(N)c1Br.Cc1nc(N)nc(N)c1Br.[W]. The monoisotopic (exact) mass is 847 g/mol. The van der Waals surface area contributed by atoms with Gasteiger partial charge < -0.3 is 22.9 Å². The molecule has 2 heterocycles. The van der Waals surface area contributed by atoms with E-state index in [4.69, 9.17) is 33.5 Å². The van der Waals surface area contributed by atoms with Gasteiger partial charge in [-0.1, -0.05) is 19.4 Å². The molecule has 13 heteroatoms. The summed E-state index contributed by atoms with van der Waals surface area (Å²) in [5, 5.41) is 17.5. The zero-order chi connectivity index (χ0) is 30.1. The summed E-state index contributed by atoms with van der Waals surface area (Å²) in [6.07, 6.45) is 0.584. The minimum absolute atomic E-state index is 0. The standard InChI is InChI=1S/C14H14BrN5.C9H8N.C5H7BrN4.W/c1-7-3-9(6-16)4-8(2)10(7)5-11-12(15)13(17)20-14(18)19-11;1-7-3-8(2)5-9(4-7)6-10;1-2-3(6)4(7)10-5(8)9-2;/h3-4H,5H2,1-2H3,(H4,17,18,19,20);4-5H,1-2H3;1H3,(H4,7,8,9,10);/q;-1;;. The molecule has 10 nitrogen and oxygen atoms in total. The number of nitriles is 2. The maximum Gasteiger partial charge on any atom is 0.222 e. The summed E-state index contributed by atoms with van der Waals surface area (Å²) in [4.78, 5) is 15.7. The molecule has 0 atom stereocenters. The maximum atomic E-state index is 8.97. The van der Waals surface area contributed by atoms with E-state index in [-0.39, 0.29) is 33.0 Å². The molecule has 212 valence electrons. The van der Waals surface area contributed by atoms with E-state index in [0.29, 0.717) is 38.1 Å². The van der Waals surface area contributed by atoms with Gasteiger partial charge in [-0.15, -0.1) is 0 Å². The minimum atomic E-state index is 0. The Bertz CT molecular complexity index is 1560. The van der Waals surface area contributed by atoms with Gasteiger partial charge in [0.05, 0.1) is 38.0 Å². The van der Waals surface area contributed by atoms with Crippen molar-refractivity contribution >= 4 is 55.4 Å². The van der Waals surface area contributed by atoms with Crippen LogP contribution in [-0.2, 0) is 27.5 Å². The first kappa shape index (κ1) is 35.5. The van der Waals surface area contributed by atoms with E-state index in [0.717, 1.165) is 39.2 Å². The molecular weight excluding hydrogens is 820 g/mol. The Hall–Kier alpha value is -3.57. The van der Waals surface area contributed by atoms with Crippen molar-refractivity contribution in [3.8, 4) is 12.1 Å². The summed E-state index contributed by atoms with van der Waals surface area (Å²) in [7, 11) is 0. The molecule has 4 rings (SSSR count). The molecule has 0 unspecified atom stereocenters. The van der Waals surface area contributed by atoms with Crippen molar-refractivity contribution in [3.05, 3.63) is 89.6 Å². The van der Waals surface area contributed by atoms with Crippen LogP contribution in [0.3, 0.4) is 0 Å². The first-order chi connectivity index (χ1) is 18.7. The number of benzene rings is 2. The summed E-state index contributed by atoms with van der Waals surface area (Å²) >= 11 is 6.60. The Morgan fingerprint density at radius 1 is 0.707 bits per heavy atom. The molecule has 2 aromatic heterocycles. The molecule has 41 heavy (non-hydrogen) atoms. The average Bonchev–Trinajstić information content (AvgIpc) is 2.87. The summed E-state index contributed by atoms with van der Waals surface area (Å²) < 4.78 is 1.37. The van der Waals surface area contributed by atoms with Gasteiger partial charge in [-0.25, -0.2) is 9.97 Å². The van der Waals surface area contributed by atoms with Crippen LogP contribution < -0.4 is 22.9 Å². The Balaban J connectivity index is 0.000000337. The normalized spacial score (nSPS) is 9.59. The fourth-order valence-corrected chi connectivity index (χ4v) is 4.21. The molecule has 0 spiro atoms. The largest absolute Gasteiger partial charge is 0.383 e. The second-order valence-corrected chi connectivity index (χ2v) is 10.4. The van der Waals surface area contributed by atoms with Crippen LogP contribution in [0.1, 0.15) is 50.3 Å². The van der Waals surface area contributed by atoms with Crippen molar-refractivity contribution < 1.29 is 21.1 Å². The van der Waals surface area contributed by atoms with Crippen LogP contribution in [0.4, 0.5) is 23.5 Å². The van der Waals surface area contributed by atoms with E-state index in [1.165, 1.54) is 0 Å². The molecule has 0 saturated carbocycles. The van der Waals surface area contributed by atoms with Gasteiger partial charge in [0.2, 0.25) is 11.9 Å². The number of aryl methyl sites for hydroxylation is 5. The first-order valence-corrected chi connectivity index (χ1v) is 13.4. The molecule has 0 aliphatic carbocycles. The quantitative estimate of drug-likeness (QED) is 0.195. The third-order valence-corrected chi connectivity index (χ3v) is 7.30.